The molecule has 0 radical (unpaired) electrons. The lowest BCUT2D eigenvalue weighted by molar-refractivity contribution is -0.142. The van der Waals surface area contributed by atoms with Gasteiger partial charge in [0.1, 0.15) is 0 Å². The maximum Gasteiger partial charge on any atom is 0.305 e. The van der Waals surface area contributed by atoms with E-state index in [0.717, 1.165) is 4.90 Å². The number of likely N-dealkylation sites (N-methyl/N-ethyl adjacent to an activating group) is 2. The van der Waals surface area contributed by atoms with Crippen LogP contribution in [0.4, 0.5) is 0 Å². The van der Waals surface area contributed by atoms with Gasteiger partial charge in [-0.2, -0.15) is 0 Å². The standard InChI is InChI=1S/C9H17N3O4/c1-3-11-7(13)5-12(2)9(16)6(10)4-8(14)15/h6H,3-5,10H2,1-2H3,(H,11,13)(H,14,15). The first-order chi connectivity index (χ1) is 7.38. The Balaban J connectivity index is 4.16. The monoisotopic (exact) mass is 231 g/mol. The number of nitrogens with zero attached hydrogens (tertiary/aromatic N) is 1. The summed E-state index contributed by atoms with van der Waals surface area (Å²) in [4.78, 5) is 34.1. The Morgan fingerprint density at radius 1 is 1.44 bits per heavy atom. The van der Waals surface area contributed by atoms with Crippen LogP contribution in [0.5, 0.6) is 0 Å². The van der Waals surface area contributed by atoms with Crippen molar-refractivity contribution in [3.05, 3.63) is 0 Å². The average molecular weight is 231 g/mol. The van der Waals surface area contributed by atoms with Crippen LogP contribution in [0.15, 0.2) is 0 Å². The van der Waals surface area contributed by atoms with Crippen LogP contribution < -0.4 is 11.1 Å². The van der Waals surface area contributed by atoms with E-state index in [1.807, 2.05) is 0 Å². The summed E-state index contributed by atoms with van der Waals surface area (Å²) in [6.45, 7) is 2.11. The highest BCUT2D eigenvalue weighted by Gasteiger charge is 2.21. The second-order valence-electron chi connectivity index (χ2n) is 3.35. The highest BCUT2D eigenvalue weighted by Crippen LogP contribution is 1.95. The Hall–Kier alpha value is -1.63. The van der Waals surface area contributed by atoms with Crippen LogP contribution in [-0.4, -0.2) is 54.0 Å². The Bertz CT molecular complexity index is 280. The summed E-state index contributed by atoms with van der Waals surface area (Å²) in [5.74, 6) is -2.01. The number of carboxylic acids is 1. The number of nitrogens with two attached hydrogens (primary N) is 1. The highest BCUT2D eigenvalue weighted by atomic mass is 16.4. The van der Waals surface area contributed by atoms with Gasteiger partial charge in [0, 0.05) is 13.6 Å². The average Bonchev–Trinajstić information content (AvgIpc) is 2.15. The van der Waals surface area contributed by atoms with Gasteiger partial charge in [0.05, 0.1) is 19.0 Å². The van der Waals surface area contributed by atoms with Crippen molar-refractivity contribution in [3.8, 4) is 0 Å². The van der Waals surface area contributed by atoms with Crippen LogP contribution in [-0.2, 0) is 14.4 Å². The van der Waals surface area contributed by atoms with E-state index in [9.17, 15) is 14.4 Å². The van der Waals surface area contributed by atoms with E-state index >= 15 is 0 Å². The summed E-state index contributed by atoms with van der Waals surface area (Å²) in [5, 5.41) is 11.0. The molecule has 7 heteroatoms. The zero-order valence-corrected chi connectivity index (χ0v) is 9.40. The Labute approximate surface area is 93.6 Å². The van der Waals surface area contributed by atoms with Gasteiger partial charge in [0.15, 0.2) is 0 Å². The molecule has 0 aromatic rings. The fourth-order valence-corrected chi connectivity index (χ4v) is 1.10. The van der Waals surface area contributed by atoms with E-state index in [-0.39, 0.29) is 12.5 Å². The maximum absolute atomic E-state index is 11.5. The molecule has 16 heavy (non-hydrogen) atoms. The predicted octanol–water partition coefficient (Wildman–Crippen LogP) is -1.62. The van der Waals surface area contributed by atoms with Crippen molar-refractivity contribution in [1.82, 2.24) is 10.2 Å². The molecule has 92 valence electrons. The Kier molecular flexibility index (Phi) is 6.09. The van der Waals surface area contributed by atoms with Crippen molar-refractivity contribution >= 4 is 17.8 Å². The molecule has 1 unspecified atom stereocenters. The van der Waals surface area contributed by atoms with Crippen LogP contribution in [0.1, 0.15) is 13.3 Å². The van der Waals surface area contributed by atoms with Gasteiger partial charge in [-0.05, 0) is 6.92 Å². The number of nitrogens with one attached hydrogen (secondary N) is 1. The molecule has 0 rings (SSSR count). The first kappa shape index (κ1) is 14.4. The lowest BCUT2D eigenvalue weighted by Crippen LogP contribution is -2.46. The summed E-state index contributed by atoms with van der Waals surface area (Å²) in [6, 6.07) is -1.11. The van der Waals surface area contributed by atoms with Crippen molar-refractivity contribution < 1.29 is 19.5 Å². The van der Waals surface area contributed by atoms with Crippen molar-refractivity contribution in [2.45, 2.75) is 19.4 Å². The van der Waals surface area contributed by atoms with E-state index in [1.165, 1.54) is 7.05 Å². The molecule has 1 atom stereocenters. The fourth-order valence-electron chi connectivity index (χ4n) is 1.10. The Morgan fingerprint density at radius 2 is 2.00 bits per heavy atom. The van der Waals surface area contributed by atoms with E-state index < -0.39 is 24.3 Å². The normalized spacial score (nSPS) is 11.7. The molecule has 0 spiro atoms. The second kappa shape index (κ2) is 6.78. The SMILES string of the molecule is CCNC(=O)CN(C)C(=O)C(N)CC(=O)O. The highest BCUT2D eigenvalue weighted by molar-refractivity contribution is 5.89. The van der Waals surface area contributed by atoms with Gasteiger partial charge in [-0.1, -0.05) is 0 Å². The summed E-state index contributed by atoms with van der Waals surface area (Å²) >= 11 is 0. The number of rotatable bonds is 6. The van der Waals surface area contributed by atoms with Crippen molar-refractivity contribution in [2.75, 3.05) is 20.1 Å². The number of hydrogen-bond donors (Lipinski definition) is 3. The molecule has 7 nitrogen and oxygen atoms in total. The third-order valence-corrected chi connectivity index (χ3v) is 1.84. The summed E-state index contributed by atoms with van der Waals surface area (Å²) < 4.78 is 0. The zero-order chi connectivity index (χ0) is 12.7. The molecule has 0 aliphatic carbocycles. The first-order valence-corrected chi connectivity index (χ1v) is 4.87. The molecule has 4 N–H and O–H groups in total. The first-order valence-electron chi connectivity index (χ1n) is 4.87. The third kappa shape index (κ3) is 5.30. The molecular formula is C9H17N3O4. The minimum atomic E-state index is -1.15. The molecule has 0 saturated heterocycles. The van der Waals surface area contributed by atoms with Gasteiger partial charge in [-0.3, -0.25) is 14.4 Å². The minimum absolute atomic E-state index is 0.125. The zero-order valence-electron chi connectivity index (χ0n) is 9.40. The number of carboxylic acid groups (broad SMARTS) is 1. The van der Waals surface area contributed by atoms with Crippen molar-refractivity contribution in [3.63, 3.8) is 0 Å². The van der Waals surface area contributed by atoms with Crippen molar-refractivity contribution in [1.29, 1.82) is 0 Å². The molecule has 0 aliphatic heterocycles. The largest absolute Gasteiger partial charge is 0.481 e. The van der Waals surface area contributed by atoms with Crippen molar-refractivity contribution in [2.24, 2.45) is 5.73 Å². The Morgan fingerprint density at radius 3 is 2.44 bits per heavy atom. The summed E-state index contributed by atoms with van der Waals surface area (Å²) in [6.07, 6.45) is -0.446. The number of hydrogen-bond acceptors (Lipinski definition) is 4. The molecule has 0 aliphatic rings. The number of amides is 2. The topological polar surface area (TPSA) is 113 Å². The molecule has 0 bridgehead atoms. The smallest absolute Gasteiger partial charge is 0.305 e. The lowest BCUT2D eigenvalue weighted by atomic mass is 10.2. The minimum Gasteiger partial charge on any atom is -0.481 e. The molecule has 0 saturated carbocycles. The van der Waals surface area contributed by atoms with Gasteiger partial charge in [0.25, 0.3) is 0 Å². The molecular weight excluding hydrogens is 214 g/mol. The van der Waals surface area contributed by atoms with Crippen LogP contribution in [0.2, 0.25) is 0 Å². The van der Waals surface area contributed by atoms with Gasteiger partial charge < -0.3 is 21.1 Å². The summed E-state index contributed by atoms with van der Waals surface area (Å²) in [5.41, 5.74) is 5.36. The van der Waals surface area contributed by atoms with E-state index in [2.05, 4.69) is 5.32 Å². The van der Waals surface area contributed by atoms with Crippen LogP contribution in [0.3, 0.4) is 0 Å². The third-order valence-electron chi connectivity index (χ3n) is 1.84. The number of aliphatic carboxylic acids is 1. The van der Waals surface area contributed by atoms with E-state index in [1.54, 1.807) is 6.92 Å². The molecule has 2 amide bonds. The second-order valence-corrected chi connectivity index (χ2v) is 3.35. The van der Waals surface area contributed by atoms with E-state index in [4.69, 9.17) is 10.8 Å². The van der Waals surface area contributed by atoms with Crippen LogP contribution in [0.25, 0.3) is 0 Å². The van der Waals surface area contributed by atoms with Gasteiger partial charge in [0.2, 0.25) is 11.8 Å². The van der Waals surface area contributed by atoms with Crippen LogP contribution >= 0.6 is 0 Å². The molecule has 0 aromatic heterocycles. The van der Waals surface area contributed by atoms with E-state index in [0.29, 0.717) is 6.54 Å². The maximum atomic E-state index is 11.5. The number of carbonyl (C=O) groups excluding carboxylic acids is 2. The molecule has 0 heterocycles. The number of carbonyl (C=O) groups is 3. The predicted molar refractivity (Wildman–Crippen MR) is 56.5 cm³/mol. The molecule has 0 fully saturated rings. The summed E-state index contributed by atoms with van der Waals surface area (Å²) in [7, 11) is 1.40. The van der Waals surface area contributed by atoms with Gasteiger partial charge >= 0.3 is 5.97 Å². The molecule has 0 aromatic carbocycles. The van der Waals surface area contributed by atoms with Gasteiger partial charge in [-0.15, -0.1) is 0 Å². The lowest BCUT2D eigenvalue weighted by Gasteiger charge is -2.19. The van der Waals surface area contributed by atoms with Gasteiger partial charge in [-0.25, -0.2) is 0 Å². The quantitative estimate of drug-likeness (QED) is 0.508. The van der Waals surface area contributed by atoms with Crippen LogP contribution in [0, 0.1) is 0 Å². The fraction of sp³-hybridized carbons (Fsp3) is 0.667.